The number of benzene rings is 1. The zero-order chi connectivity index (χ0) is 19.9. The van der Waals surface area contributed by atoms with Crippen LogP contribution in [0.3, 0.4) is 0 Å². The van der Waals surface area contributed by atoms with Crippen LogP contribution in [0.15, 0.2) is 42.3 Å². The summed E-state index contributed by atoms with van der Waals surface area (Å²) in [5.74, 6) is -0.131. The van der Waals surface area contributed by atoms with E-state index in [1.807, 2.05) is 13.1 Å². The van der Waals surface area contributed by atoms with E-state index in [4.69, 9.17) is 4.74 Å². The molecule has 7 heteroatoms. The van der Waals surface area contributed by atoms with Gasteiger partial charge >= 0.3 is 6.18 Å². The summed E-state index contributed by atoms with van der Waals surface area (Å²) in [5.41, 5.74) is 0.582. The summed E-state index contributed by atoms with van der Waals surface area (Å²) in [7, 11) is 1.84. The molecular formula is C21H24F4N2O. The number of allylic oxidation sites excluding steroid dienone is 3. The van der Waals surface area contributed by atoms with Gasteiger partial charge in [-0.1, -0.05) is 6.08 Å². The summed E-state index contributed by atoms with van der Waals surface area (Å²) < 4.78 is 59.5. The van der Waals surface area contributed by atoms with Crippen molar-refractivity contribution in [2.24, 2.45) is 11.8 Å². The van der Waals surface area contributed by atoms with E-state index in [1.54, 1.807) is 6.08 Å². The fourth-order valence-corrected chi connectivity index (χ4v) is 4.65. The van der Waals surface area contributed by atoms with E-state index in [0.717, 1.165) is 18.9 Å². The van der Waals surface area contributed by atoms with Gasteiger partial charge in [0.25, 0.3) is 0 Å². The molecule has 1 aromatic carbocycles. The average molecular weight is 396 g/mol. The molecule has 0 spiro atoms. The minimum atomic E-state index is -4.39. The summed E-state index contributed by atoms with van der Waals surface area (Å²) in [6.07, 6.45) is 2.33. The van der Waals surface area contributed by atoms with Crippen molar-refractivity contribution in [2.75, 3.05) is 18.9 Å². The van der Waals surface area contributed by atoms with Crippen molar-refractivity contribution in [1.29, 1.82) is 0 Å². The second-order valence-corrected chi connectivity index (χ2v) is 7.80. The molecule has 2 heterocycles. The van der Waals surface area contributed by atoms with E-state index >= 15 is 0 Å². The number of halogens is 4. The average Bonchev–Trinajstić information content (AvgIpc) is 2.67. The largest absolute Gasteiger partial charge is 0.416 e. The van der Waals surface area contributed by atoms with Crippen molar-refractivity contribution in [3.05, 3.63) is 53.4 Å². The van der Waals surface area contributed by atoms with Crippen LogP contribution < -0.4 is 10.6 Å². The molecular weight excluding hydrogens is 372 g/mol. The molecule has 152 valence electrons. The highest BCUT2D eigenvalue weighted by molar-refractivity contribution is 5.58. The van der Waals surface area contributed by atoms with Crippen LogP contribution in [0.5, 0.6) is 0 Å². The molecule has 2 aliphatic heterocycles. The Hall–Kier alpha value is -1.86. The Bertz CT molecular complexity index is 789. The van der Waals surface area contributed by atoms with Crippen LogP contribution in [0.1, 0.15) is 36.5 Å². The Labute approximate surface area is 161 Å². The van der Waals surface area contributed by atoms with Gasteiger partial charge in [-0.2, -0.15) is 13.2 Å². The van der Waals surface area contributed by atoms with Crippen molar-refractivity contribution in [1.82, 2.24) is 5.32 Å². The molecule has 0 saturated carbocycles. The number of likely N-dealkylation sites (N-methyl/N-ethyl adjacent to an activating group) is 1. The van der Waals surface area contributed by atoms with Crippen molar-refractivity contribution < 1.29 is 22.3 Å². The first-order chi connectivity index (χ1) is 13.4. The molecule has 0 amide bonds. The van der Waals surface area contributed by atoms with Gasteiger partial charge in [0.05, 0.1) is 17.8 Å². The van der Waals surface area contributed by atoms with Gasteiger partial charge in [-0.15, -0.1) is 0 Å². The van der Waals surface area contributed by atoms with Crippen LogP contribution in [0.2, 0.25) is 0 Å². The van der Waals surface area contributed by atoms with Gasteiger partial charge in [-0.05, 0) is 56.7 Å². The minimum Gasteiger partial charge on any atom is -0.381 e. The number of hydrogen-bond donors (Lipinski definition) is 2. The number of ether oxygens (including phenoxy) is 1. The maximum atomic E-state index is 13.4. The van der Waals surface area contributed by atoms with Crippen LogP contribution in [-0.4, -0.2) is 25.7 Å². The van der Waals surface area contributed by atoms with E-state index in [-0.39, 0.29) is 29.8 Å². The summed E-state index contributed by atoms with van der Waals surface area (Å²) in [5, 5.41) is 6.53. The predicted octanol–water partition coefficient (Wildman–Crippen LogP) is 4.98. The van der Waals surface area contributed by atoms with Crippen LogP contribution >= 0.6 is 0 Å². The first-order valence-electron chi connectivity index (χ1n) is 9.68. The van der Waals surface area contributed by atoms with Crippen LogP contribution in [-0.2, 0) is 10.9 Å². The third-order valence-electron chi connectivity index (χ3n) is 6.00. The lowest BCUT2D eigenvalue weighted by Gasteiger charge is -2.47. The smallest absolute Gasteiger partial charge is 0.381 e. The molecule has 1 fully saturated rings. The van der Waals surface area contributed by atoms with Crippen LogP contribution in [0, 0.1) is 11.8 Å². The highest BCUT2D eigenvalue weighted by Gasteiger charge is 2.45. The Morgan fingerprint density at radius 1 is 1.25 bits per heavy atom. The molecule has 1 aromatic rings. The number of rotatable bonds is 3. The standard InChI is InChI=1S/C21H24F4N2O/c1-26-11-15-7-8-16-19(12-2-5-14(22)6-3-12)27-18-9-4-13(21(23,24)25)10-17(18)20(16)28-15/h2,4-6,9-10,12,15-16,19-20,26-27H,3,7-8,11H2,1H3/t12?,15-,16+,19+,20+/m1/s1. The fourth-order valence-electron chi connectivity index (χ4n) is 4.65. The van der Waals surface area contributed by atoms with Crippen LogP contribution in [0.4, 0.5) is 23.2 Å². The molecule has 3 aliphatic rings. The Kier molecular flexibility index (Phi) is 5.22. The summed E-state index contributed by atoms with van der Waals surface area (Å²) in [4.78, 5) is 0. The van der Waals surface area contributed by atoms with Gasteiger partial charge in [0.2, 0.25) is 0 Å². The molecule has 0 radical (unpaired) electrons. The van der Waals surface area contributed by atoms with Crippen molar-refractivity contribution >= 4 is 5.69 Å². The number of nitrogens with one attached hydrogen (secondary N) is 2. The van der Waals surface area contributed by atoms with Gasteiger partial charge in [0.15, 0.2) is 0 Å². The highest BCUT2D eigenvalue weighted by atomic mass is 19.4. The number of alkyl halides is 3. The molecule has 2 N–H and O–H groups in total. The lowest BCUT2D eigenvalue weighted by atomic mass is 9.73. The molecule has 1 saturated heterocycles. The van der Waals surface area contributed by atoms with Gasteiger partial charge in [-0.3, -0.25) is 0 Å². The zero-order valence-corrected chi connectivity index (χ0v) is 15.6. The quantitative estimate of drug-likeness (QED) is 0.707. The van der Waals surface area contributed by atoms with Crippen molar-refractivity contribution in [3.8, 4) is 0 Å². The van der Waals surface area contributed by atoms with E-state index in [1.165, 1.54) is 18.2 Å². The molecule has 1 aliphatic carbocycles. The molecule has 3 nitrogen and oxygen atoms in total. The number of anilines is 1. The monoisotopic (exact) mass is 396 g/mol. The number of fused-ring (bicyclic) bond motifs is 3. The van der Waals surface area contributed by atoms with E-state index < -0.39 is 17.8 Å². The lowest BCUT2D eigenvalue weighted by Crippen LogP contribution is -2.48. The molecule has 28 heavy (non-hydrogen) atoms. The molecule has 4 rings (SSSR count). The Morgan fingerprint density at radius 2 is 2.07 bits per heavy atom. The molecule has 0 bridgehead atoms. The van der Waals surface area contributed by atoms with Gasteiger partial charge in [-0.25, -0.2) is 4.39 Å². The minimum absolute atomic E-state index is 0.00891. The van der Waals surface area contributed by atoms with Crippen molar-refractivity contribution in [2.45, 2.75) is 43.7 Å². The van der Waals surface area contributed by atoms with Gasteiger partial charge in [0.1, 0.15) is 5.83 Å². The van der Waals surface area contributed by atoms with Gasteiger partial charge < -0.3 is 15.4 Å². The topological polar surface area (TPSA) is 33.3 Å². The summed E-state index contributed by atoms with van der Waals surface area (Å²) in [6, 6.07) is 3.81. The lowest BCUT2D eigenvalue weighted by molar-refractivity contribution is -0.138. The Balaban J connectivity index is 1.69. The fraction of sp³-hybridized carbons (Fsp3) is 0.524. The van der Waals surface area contributed by atoms with E-state index in [0.29, 0.717) is 24.2 Å². The third-order valence-corrected chi connectivity index (χ3v) is 6.00. The molecule has 5 atom stereocenters. The Morgan fingerprint density at radius 3 is 2.75 bits per heavy atom. The van der Waals surface area contributed by atoms with Gasteiger partial charge in [0, 0.05) is 35.7 Å². The van der Waals surface area contributed by atoms with E-state index in [9.17, 15) is 17.6 Å². The first-order valence-corrected chi connectivity index (χ1v) is 9.68. The predicted molar refractivity (Wildman–Crippen MR) is 99.6 cm³/mol. The van der Waals surface area contributed by atoms with Crippen LogP contribution in [0.25, 0.3) is 0 Å². The molecule has 1 unspecified atom stereocenters. The molecule has 0 aromatic heterocycles. The zero-order valence-electron chi connectivity index (χ0n) is 15.6. The first kappa shape index (κ1) is 19.5. The van der Waals surface area contributed by atoms with E-state index in [2.05, 4.69) is 10.6 Å². The summed E-state index contributed by atoms with van der Waals surface area (Å²) in [6.45, 7) is 0.660. The summed E-state index contributed by atoms with van der Waals surface area (Å²) >= 11 is 0. The number of hydrogen-bond acceptors (Lipinski definition) is 3. The normalized spacial score (nSPS) is 32.2. The van der Waals surface area contributed by atoms with Crippen molar-refractivity contribution in [3.63, 3.8) is 0 Å². The maximum Gasteiger partial charge on any atom is 0.416 e. The maximum absolute atomic E-state index is 13.4. The second kappa shape index (κ2) is 7.52. The highest BCUT2D eigenvalue weighted by Crippen LogP contribution is 2.49. The third kappa shape index (κ3) is 3.70. The second-order valence-electron chi connectivity index (χ2n) is 7.80. The SMILES string of the molecule is CNC[C@H]1CC[C@@H]2[C@H](O1)c1cc(C(F)(F)F)ccc1N[C@H]2C1C=CC(F)=CC1.